The van der Waals surface area contributed by atoms with Crippen LogP contribution < -0.4 is 15.4 Å². The van der Waals surface area contributed by atoms with Gasteiger partial charge in [-0.2, -0.15) is 0 Å². The number of para-hydroxylation sites is 1. The number of benzene rings is 1. The van der Waals surface area contributed by atoms with Crippen LogP contribution in [0.1, 0.15) is 33.6 Å². The van der Waals surface area contributed by atoms with Crippen molar-refractivity contribution in [2.45, 2.75) is 39.7 Å². The fraction of sp³-hybridized carbons (Fsp3) is 0.562. The summed E-state index contributed by atoms with van der Waals surface area (Å²) in [4.78, 5) is 4.49. The lowest BCUT2D eigenvalue weighted by Gasteiger charge is -2.17. The average molecular weight is 423 g/mol. The molecule has 0 radical (unpaired) electrons. The monoisotopic (exact) mass is 423 g/mol. The summed E-state index contributed by atoms with van der Waals surface area (Å²) < 4.78 is 19.3. The van der Waals surface area contributed by atoms with E-state index in [-0.39, 0.29) is 41.6 Å². The maximum atomic E-state index is 13.6. The molecule has 1 aromatic carbocycles. The van der Waals surface area contributed by atoms with Gasteiger partial charge in [0.05, 0.1) is 6.54 Å². The summed E-state index contributed by atoms with van der Waals surface area (Å²) in [6.07, 6.45) is 1.66. The van der Waals surface area contributed by atoms with Gasteiger partial charge in [-0.3, -0.25) is 0 Å². The second kappa shape index (κ2) is 12.5. The third kappa shape index (κ3) is 7.82. The fourth-order valence-electron chi connectivity index (χ4n) is 1.75. The summed E-state index contributed by atoms with van der Waals surface area (Å²) >= 11 is 0. The van der Waals surface area contributed by atoms with Crippen LogP contribution in [-0.2, 0) is 0 Å². The fourth-order valence-corrected chi connectivity index (χ4v) is 1.75. The number of nitrogens with zero attached hydrogens (tertiary/aromatic N) is 1. The largest absolute Gasteiger partial charge is 0.485 e. The number of nitrogens with one attached hydrogen (secondary N) is 2. The number of guanidine groups is 1. The van der Waals surface area contributed by atoms with E-state index in [9.17, 15) is 4.39 Å². The zero-order valence-corrected chi connectivity index (χ0v) is 15.9. The highest BCUT2D eigenvalue weighted by Gasteiger charge is 2.11. The van der Waals surface area contributed by atoms with Crippen molar-refractivity contribution in [3.8, 4) is 5.75 Å². The van der Waals surface area contributed by atoms with Crippen LogP contribution in [-0.4, -0.2) is 31.7 Å². The van der Waals surface area contributed by atoms with Gasteiger partial charge in [0.15, 0.2) is 17.5 Å². The summed E-state index contributed by atoms with van der Waals surface area (Å²) in [5, 5.41) is 6.42. The van der Waals surface area contributed by atoms with E-state index in [1.807, 2.05) is 13.8 Å². The van der Waals surface area contributed by atoms with E-state index >= 15 is 0 Å². The molecular formula is C16H27FIN3O. The first kappa shape index (κ1) is 20.9. The number of hydrogen-bond acceptors (Lipinski definition) is 2. The molecule has 4 nitrogen and oxygen atoms in total. The first-order valence-corrected chi connectivity index (χ1v) is 7.64. The molecular weight excluding hydrogens is 396 g/mol. The quantitative estimate of drug-likeness (QED) is 0.382. The predicted molar refractivity (Wildman–Crippen MR) is 101 cm³/mol. The van der Waals surface area contributed by atoms with Gasteiger partial charge in [-0.1, -0.05) is 26.0 Å². The Morgan fingerprint density at radius 2 is 1.95 bits per heavy atom. The van der Waals surface area contributed by atoms with E-state index in [2.05, 4.69) is 22.5 Å². The molecule has 0 aromatic heterocycles. The molecule has 0 bridgehead atoms. The van der Waals surface area contributed by atoms with Crippen LogP contribution in [0, 0.1) is 5.82 Å². The van der Waals surface area contributed by atoms with Crippen LogP contribution in [0.5, 0.6) is 5.75 Å². The van der Waals surface area contributed by atoms with Gasteiger partial charge in [-0.15, -0.1) is 24.0 Å². The molecule has 0 amide bonds. The van der Waals surface area contributed by atoms with Gasteiger partial charge in [0.1, 0.15) is 6.10 Å². The standard InChI is InChI=1S/C16H26FN3O.HI/c1-4-11-19-16(18-6-3)20-12-13(5-2)21-15-10-8-7-9-14(15)17;/h7-10,13H,4-6,11-12H2,1-3H3,(H2,18,19,20);1H. The summed E-state index contributed by atoms with van der Waals surface area (Å²) in [6, 6.07) is 6.46. The van der Waals surface area contributed by atoms with Gasteiger partial charge in [-0.25, -0.2) is 9.38 Å². The Kier molecular flexibility index (Phi) is 11.9. The van der Waals surface area contributed by atoms with Crippen LogP contribution in [0.3, 0.4) is 0 Å². The molecule has 126 valence electrons. The van der Waals surface area contributed by atoms with Gasteiger partial charge in [-0.05, 0) is 31.9 Å². The number of hydrogen-bond donors (Lipinski definition) is 2. The van der Waals surface area contributed by atoms with E-state index in [4.69, 9.17) is 4.74 Å². The number of aliphatic imine (C=N–C) groups is 1. The molecule has 0 heterocycles. The Morgan fingerprint density at radius 1 is 1.23 bits per heavy atom. The SMILES string of the molecule is CCCNC(=NCC(CC)Oc1ccccc1F)NCC.I. The maximum absolute atomic E-state index is 13.6. The van der Waals surface area contributed by atoms with Crippen molar-refractivity contribution in [3.63, 3.8) is 0 Å². The molecule has 0 aliphatic heterocycles. The third-order valence-corrected chi connectivity index (χ3v) is 2.93. The van der Waals surface area contributed by atoms with Crippen molar-refractivity contribution < 1.29 is 9.13 Å². The Balaban J connectivity index is 0.00000441. The molecule has 0 aliphatic rings. The van der Waals surface area contributed by atoms with E-state index in [1.54, 1.807) is 18.2 Å². The molecule has 2 N–H and O–H groups in total. The number of halogens is 2. The zero-order chi connectivity index (χ0) is 15.5. The number of rotatable bonds is 8. The highest BCUT2D eigenvalue weighted by molar-refractivity contribution is 14.0. The van der Waals surface area contributed by atoms with Crippen LogP contribution in [0.2, 0.25) is 0 Å². The second-order valence-corrected chi connectivity index (χ2v) is 4.72. The predicted octanol–water partition coefficient (Wildman–Crippen LogP) is 3.57. The minimum absolute atomic E-state index is 0. The van der Waals surface area contributed by atoms with Crippen molar-refractivity contribution in [2.24, 2.45) is 4.99 Å². The highest BCUT2D eigenvalue weighted by Crippen LogP contribution is 2.18. The van der Waals surface area contributed by atoms with E-state index in [1.165, 1.54) is 6.07 Å². The second-order valence-electron chi connectivity index (χ2n) is 4.72. The van der Waals surface area contributed by atoms with Crippen molar-refractivity contribution in [2.75, 3.05) is 19.6 Å². The lowest BCUT2D eigenvalue weighted by atomic mass is 10.2. The minimum atomic E-state index is -0.337. The van der Waals surface area contributed by atoms with Gasteiger partial charge in [0.25, 0.3) is 0 Å². The molecule has 6 heteroatoms. The van der Waals surface area contributed by atoms with Crippen molar-refractivity contribution in [1.29, 1.82) is 0 Å². The van der Waals surface area contributed by atoms with Gasteiger partial charge < -0.3 is 15.4 Å². The topological polar surface area (TPSA) is 45.7 Å². The van der Waals surface area contributed by atoms with Crippen LogP contribution >= 0.6 is 24.0 Å². The summed E-state index contributed by atoms with van der Waals surface area (Å²) in [5.74, 6) is 0.719. The van der Waals surface area contributed by atoms with Gasteiger partial charge >= 0.3 is 0 Å². The zero-order valence-electron chi connectivity index (χ0n) is 13.6. The highest BCUT2D eigenvalue weighted by atomic mass is 127. The van der Waals surface area contributed by atoms with E-state index in [0.717, 1.165) is 31.9 Å². The van der Waals surface area contributed by atoms with E-state index in [0.29, 0.717) is 6.54 Å². The van der Waals surface area contributed by atoms with Crippen LogP contribution in [0.4, 0.5) is 4.39 Å². The molecule has 1 atom stereocenters. The smallest absolute Gasteiger partial charge is 0.191 e. The first-order valence-electron chi connectivity index (χ1n) is 7.64. The normalized spacial score (nSPS) is 12.3. The lowest BCUT2D eigenvalue weighted by Crippen LogP contribution is -2.38. The summed E-state index contributed by atoms with van der Waals surface area (Å²) in [7, 11) is 0. The Morgan fingerprint density at radius 3 is 2.55 bits per heavy atom. The average Bonchev–Trinajstić information content (AvgIpc) is 2.50. The van der Waals surface area contributed by atoms with Crippen molar-refractivity contribution >= 4 is 29.9 Å². The maximum Gasteiger partial charge on any atom is 0.191 e. The Hall–Kier alpha value is -1.05. The van der Waals surface area contributed by atoms with Gasteiger partial charge in [0, 0.05) is 13.1 Å². The molecule has 0 saturated heterocycles. The molecule has 0 spiro atoms. The van der Waals surface area contributed by atoms with Crippen LogP contribution in [0.15, 0.2) is 29.3 Å². The molecule has 1 rings (SSSR count). The van der Waals surface area contributed by atoms with E-state index < -0.39 is 0 Å². The molecule has 22 heavy (non-hydrogen) atoms. The third-order valence-electron chi connectivity index (χ3n) is 2.93. The molecule has 0 fully saturated rings. The molecule has 0 saturated carbocycles. The van der Waals surface area contributed by atoms with Gasteiger partial charge in [0.2, 0.25) is 0 Å². The minimum Gasteiger partial charge on any atom is -0.485 e. The molecule has 1 aromatic rings. The first-order chi connectivity index (χ1) is 10.2. The van der Waals surface area contributed by atoms with Crippen LogP contribution in [0.25, 0.3) is 0 Å². The lowest BCUT2D eigenvalue weighted by molar-refractivity contribution is 0.196. The Labute approximate surface area is 149 Å². The van der Waals surface area contributed by atoms with Crippen molar-refractivity contribution in [3.05, 3.63) is 30.1 Å². The van der Waals surface area contributed by atoms with Crippen molar-refractivity contribution in [1.82, 2.24) is 10.6 Å². The number of ether oxygens (including phenoxy) is 1. The molecule has 0 aliphatic carbocycles. The molecule has 1 unspecified atom stereocenters. The summed E-state index contributed by atoms with van der Waals surface area (Å²) in [6.45, 7) is 8.30. The summed E-state index contributed by atoms with van der Waals surface area (Å²) in [5.41, 5.74) is 0. The Bertz CT molecular complexity index is 443.